The van der Waals surface area contributed by atoms with Crippen molar-refractivity contribution in [2.75, 3.05) is 18.4 Å². The van der Waals surface area contributed by atoms with Crippen molar-refractivity contribution >= 4 is 17.5 Å². The normalized spacial score (nSPS) is 10.6. The van der Waals surface area contributed by atoms with Gasteiger partial charge in [0.2, 0.25) is 11.8 Å². The zero-order valence-corrected chi connectivity index (χ0v) is 14.2. The summed E-state index contributed by atoms with van der Waals surface area (Å²) in [5, 5.41) is 2.88. The van der Waals surface area contributed by atoms with Crippen molar-refractivity contribution in [2.24, 2.45) is 5.92 Å². The van der Waals surface area contributed by atoms with Crippen LogP contribution < -0.4 is 5.32 Å². The van der Waals surface area contributed by atoms with Gasteiger partial charge in [0.1, 0.15) is 0 Å². The fraction of sp³-hybridized carbons (Fsp3) is 0.556. The van der Waals surface area contributed by atoms with E-state index < -0.39 is 0 Å². The van der Waals surface area contributed by atoms with Crippen LogP contribution in [0.15, 0.2) is 24.3 Å². The predicted octanol–water partition coefficient (Wildman–Crippen LogP) is 3.47. The molecule has 0 atom stereocenters. The summed E-state index contributed by atoms with van der Waals surface area (Å²) in [7, 11) is 0. The average Bonchev–Trinajstić information content (AvgIpc) is 2.47. The van der Waals surface area contributed by atoms with E-state index in [9.17, 15) is 9.59 Å². The molecule has 0 saturated heterocycles. The van der Waals surface area contributed by atoms with Crippen LogP contribution in [0.25, 0.3) is 0 Å². The molecule has 0 spiro atoms. The monoisotopic (exact) mass is 304 g/mol. The van der Waals surface area contributed by atoms with E-state index in [0.29, 0.717) is 25.4 Å². The highest BCUT2D eigenvalue weighted by atomic mass is 16.2. The minimum Gasteiger partial charge on any atom is -0.342 e. The molecular formula is C18H28N2O2. The van der Waals surface area contributed by atoms with E-state index in [1.54, 1.807) is 11.8 Å². The van der Waals surface area contributed by atoms with Crippen molar-refractivity contribution in [3.63, 3.8) is 0 Å². The number of rotatable bonds is 8. The number of amides is 2. The van der Waals surface area contributed by atoms with Crippen LogP contribution in [0.4, 0.5) is 5.69 Å². The summed E-state index contributed by atoms with van der Waals surface area (Å²) in [4.78, 5) is 25.3. The summed E-state index contributed by atoms with van der Waals surface area (Å²) in [5.41, 5.74) is 2.05. The molecule has 2 amide bonds. The lowest BCUT2D eigenvalue weighted by atomic mass is 10.1. The zero-order chi connectivity index (χ0) is 16.5. The fourth-order valence-electron chi connectivity index (χ4n) is 2.12. The van der Waals surface area contributed by atoms with E-state index in [1.807, 2.05) is 24.3 Å². The number of nitrogens with one attached hydrogen (secondary N) is 1. The van der Waals surface area contributed by atoms with Gasteiger partial charge < -0.3 is 10.2 Å². The summed E-state index contributed by atoms with van der Waals surface area (Å²) < 4.78 is 0. The molecule has 4 nitrogen and oxygen atoms in total. The maximum absolute atomic E-state index is 12.0. The summed E-state index contributed by atoms with van der Waals surface area (Å²) in [5.74, 6) is 0.522. The first-order valence-electron chi connectivity index (χ1n) is 8.06. The summed E-state index contributed by atoms with van der Waals surface area (Å²) in [6, 6.07) is 7.86. The van der Waals surface area contributed by atoms with E-state index in [4.69, 9.17) is 0 Å². The number of benzene rings is 1. The molecule has 22 heavy (non-hydrogen) atoms. The Hall–Kier alpha value is -1.84. The van der Waals surface area contributed by atoms with Crippen LogP contribution in [0.2, 0.25) is 0 Å². The first kappa shape index (κ1) is 18.2. The van der Waals surface area contributed by atoms with E-state index in [2.05, 4.69) is 26.1 Å². The molecule has 0 aromatic heterocycles. The molecule has 1 rings (SSSR count). The molecule has 1 aromatic rings. The standard InChI is InChI=1S/C18H28N2O2/c1-5-16-6-8-17(9-7-16)19-18(22)11-13-20(15(4)21)12-10-14(2)3/h6-9,14H,5,10-13H2,1-4H3,(H,19,22). The van der Waals surface area contributed by atoms with Crippen LogP contribution in [-0.4, -0.2) is 29.8 Å². The molecule has 1 N–H and O–H groups in total. The van der Waals surface area contributed by atoms with E-state index in [1.165, 1.54) is 5.56 Å². The van der Waals surface area contributed by atoms with Crippen molar-refractivity contribution in [1.82, 2.24) is 4.90 Å². The summed E-state index contributed by atoms with van der Waals surface area (Å²) >= 11 is 0. The molecular weight excluding hydrogens is 276 g/mol. The second kappa shape index (κ2) is 9.23. The van der Waals surface area contributed by atoms with Crippen LogP contribution in [0.5, 0.6) is 0 Å². The van der Waals surface area contributed by atoms with Gasteiger partial charge in [-0.1, -0.05) is 32.9 Å². The maximum Gasteiger partial charge on any atom is 0.226 e. The Morgan fingerprint density at radius 3 is 2.27 bits per heavy atom. The molecule has 0 aliphatic carbocycles. The SMILES string of the molecule is CCc1ccc(NC(=O)CCN(CCC(C)C)C(C)=O)cc1. The molecule has 0 aliphatic rings. The summed E-state index contributed by atoms with van der Waals surface area (Å²) in [6.45, 7) is 9.10. The third-order valence-electron chi connectivity index (χ3n) is 3.68. The Bertz CT molecular complexity index is 480. The number of carbonyl (C=O) groups excluding carboxylic acids is 2. The van der Waals surface area contributed by atoms with Crippen LogP contribution >= 0.6 is 0 Å². The molecule has 0 radical (unpaired) electrons. The van der Waals surface area contributed by atoms with Gasteiger partial charge in [-0.05, 0) is 36.5 Å². The van der Waals surface area contributed by atoms with Gasteiger partial charge in [0.05, 0.1) is 0 Å². The lowest BCUT2D eigenvalue weighted by molar-refractivity contribution is -0.129. The number of hydrogen-bond acceptors (Lipinski definition) is 2. The van der Waals surface area contributed by atoms with Gasteiger partial charge in [-0.2, -0.15) is 0 Å². The highest BCUT2D eigenvalue weighted by Gasteiger charge is 2.11. The second-order valence-electron chi connectivity index (χ2n) is 6.04. The number of anilines is 1. The van der Waals surface area contributed by atoms with Gasteiger partial charge in [0, 0.05) is 32.1 Å². The Labute approximate surface area is 133 Å². The van der Waals surface area contributed by atoms with Crippen molar-refractivity contribution < 1.29 is 9.59 Å². The van der Waals surface area contributed by atoms with Gasteiger partial charge in [-0.25, -0.2) is 0 Å². The van der Waals surface area contributed by atoms with Gasteiger partial charge >= 0.3 is 0 Å². The van der Waals surface area contributed by atoms with Crippen LogP contribution in [-0.2, 0) is 16.0 Å². The van der Waals surface area contributed by atoms with Gasteiger partial charge in [-0.15, -0.1) is 0 Å². The molecule has 0 saturated carbocycles. The molecule has 4 heteroatoms. The third-order valence-corrected chi connectivity index (χ3v) is 3.68. The van der Waals surface area contributed by atoms with Gasteiger partial charge in [-0.3, -0.25) is 9.59 Å². The Balaban J connectivity index is 2.43. The van der Waals surface area contributed by atoms with Gasteiger partial charge in [0.25, 0.3) is 0 Å². The minimum atomic E-state index is -0.0555. The zero-order valence-electron chi connectivity index (χ0n) is 14.2. The lowest BCUT2D eigenvalue weighted by Gasteiger charge is -2.21. The molecule has 122 valence electrons. The predicted molar refractivity (Wildman–Crippen MR) is 90.8 cm³/mol. The lowest BCUT2D eigenvalue weighted by Crippen LogP contribution is -2.33. The summed E-state index contributed by atoms with van der Waals surface area (Å²) in [6.07, 6.45) is 2.27. The largest absolute Gasteiger partial charge is 0.342 e. The highest BCUT2D eigenvalue weighted by Crippen LogP contribution is 2.10. The van der Waals surface area contributed by atoms with Crippen LogP contribution in [0, 0.1) is 5.92 Å². The third kappa shape index (κ3) is 6.74. The molecule has 1 aromatic carbocycles. The van der Waals surface area contributed by atoms with E-state index >= 15 is 0 Å². The first-order chi connectivity index (χ1) is 10.4. The quantitative estimate of drug-likeness (QED) is 0.799. The Kier molecular flexibility index (Phi) is 7.64. The van der Waals surface area contributed by atoms with Crippen molar-refractivity contribution in [3.05, 3.63) is 29.8 Å². The molecule has 0 aliphatic heterocycles. The molecule has 0 fully saturated rings. The Morgan fingerprint density at radius 2 is 1.77 bits per heavy atom. The van der Waals surface area contributed by atoms with Gasteiger partial charge in [0.15, 0.2) is 0 Å². The second-order valence-corrected chi connectivity index (χ2v) is 6.04. The smallest absolute Gasteiger partial charge is 0.226 e. The molecule has 0 bridgehead atoms. The van der Waals surface area contributed by atoms with Crippen LogP contribution in [0.1, 0.15) is 46.1 Å². The number of hydrogen-bond donors (Lipinski definition) is 1. The first-order valence-corrected chi connectivity index (χ1v) is 8.06. The molecule has 0 unspecified atom stereocenters. The number of aryl methyl sites for hydroxylation is 1. The van der Waals surface area contributed by atoms with Crippen LogP contribution in [0.3, 0.4) is 0 Å². The highest BCUT2D eigenvalue weighted by molar-refractivity contribution is 5.91. The topological polar surface area (TPSA) is 49.4 Å². The molecule has 0 heterocycles. The Morgan fingerprint density at radius 1 is 1.14 bits per heavy atom. The average molecular weight is 304 g/mol. The van der Waals surface area contributed by atoms with E-state index in [-0.39, 0.29) is 11.8 Å². The van der Waals surface area contributed by atoms with Crippen molar-refractivity contribution in [2.45, 2.75) is 47.0 Å². The maximum atomic E-state index is 12.0. The van der Waals surface area contributed by atoms with Crippen molar-refractivity contribution in [1.29, 1.82) is 0 Å². The van der Waals surface area contributed by atoms with E-state index in [0.717, 1.165) is 18.5 Å². The minimum absolute atomic E-state index is 0.0285. The number of carbonyl (C=O) groups is 2. The fourth-order valence-corrected chi connectivity index (χ4v) is 2.12. The number of nitrogens with zero attached hydrogens (tertiary/aromatic N) is 1. The van der Waals surface area contributed by atoms with Crippen molar-refractivity contribution in [3.8, 4) is 0 Å².